The fourth-order valence-corrected chi connectivity index (χ4v) is 2.14. The van der Waals surface area contributed by atoms with E-state index in [1.807, 2.05) is 48.5 Å². The van der Waals surface area contributed by atoms with Gasteiger partial charge in [-0.3, -0.25) is 0 Å². The molecule has 19 heavy (non-hydrogen) atoms. The van der Waals surface area contributed by atoms with E-state index < -0.39 is 0 Å². The van der Waals surface area contributed by atoms with Crippen LogP contribution in [0.15, 0.2) is 54.9 Å². The predicted octanol–water partition coefficient (Wildman–Crippen LogP) is 2.91. The average molecular weight is 250 g/mol. The highest BCUT2D eigenvalue weighted by atomic mass is 14.9. The fraction of sp³-hybridized carbons (Fsp3) is 0. The van der Waals surface area contributed by atoms with Gasteiger partial charge in [0, 0.05) is 22.5 Å². The van der Waals surface area contributed by atoms with Crippen molar-refractivity contribution in [2.75, 3.05) is 11.5 Å². The molecule has 1 aromatic heterocycles. The van der Waals surface area contributed by atoms with Gasteiger partial charge in [-0.25, -0.2) is 4.98 Å². The first kappa shape index (κ1) is 11.3. The Morgan fingerprint density at radius 1 is 0.789 bits per heavy atom. The van der Waals surface area contributed by atoms with Crippen LogP contribution in [-0.2, 0) is 0 Å². The summed E-state index contributed by atoms with van der Waals surface area (Å²) in [5, 5.41) is 0. The molecule has 0 bridgehead atoms. The smallest absolute Gasteiger partial charge is 0.0982 e. The number of imidazole rings is 1. The van der Waals surface area contributed by atoms with Crippen molar-refractivity contribution in [1.82, 2.24) is 9.97 Å². The van der Waals surface area contributed by atoms with Gasteiger partial charge in [0.1, 0.15) is 0 Å². The lowest BCUT2D eigenvalue weighted by Crippen LogP contribution is -1.94. The topological polar surface area (TPSA) is 80.7 Å². The quantitative estimate of drug-likeness (QED) is 0.612. The second-order valence-electron chi connectivity index (χ2n) is 4.30. The van der Waals surface area contributed by atoms with E-state index in [9.17, 15) is 0 Å². The summed E-state index contributed by atoms with van der Waals surface area (Å²) < 4.78 is 0. The first-order valence-electron chi connectivity index (χ1n) is 6.00. The molecule has 0 amide bonds. The zero-order valence-corrected chi connectivity index (χ0v) is 10.3. The van der Waals surface area contributed by atoms with Crippen molar-refractivity contribution < 1.29 is 0 Å². The third-order valence-corrected chi connectivity index (χ3v) is 3.09. The van der Waals surface area contributed by atoms with Gasteiger partial charge in [0.15, 0.2) is 0 Å². The van der Waals surface area contributed by atoms with E-state index in [0.29, 0.717) is 11.4 Å². The third-order valence-electron chi connectivity index (χ3n) is 3.09. The summed E-state index contributed by atoms with van der Waals surface area (Å²) in [7, 11) is 0. The van der Waals surface area contributed by atoms with Crippen molar-refractivity contribution in [1.29, 1.82) is 0 Å². The number of nitrogens with two attached hydrogens (primary N) is 2. The molecular weight excluding hydrogens is 236 g/mol. The van der Waals surface area contributed by atoms with Crippen LogP contribution < -0.4 is 11.5 Å². The summed E-state index contributed by atoms with van der Waals surface area (Å²) in [6.45, 7) is 0. The third kappa shape index (κ3) is 1.93. The van der Waals surface area contributed by atoms with Gasteiger partial charge in [0.25, 0.3) is 0 Å². The van der Waals surface area contributed by atoms with Crippen LogP contribution in [0.5, 0.6) is 0 Å². The van der Waals surface area contributed by atoms with Crippen LogP contribution in [-0.4, -0.2) is 9.97 Å². The molecule has 0 saturated heterocycles. The van der Waals surface area contributed by atoms with E-state index in [1.54, 1.807) is 6.33 Å². The highest BCUT2D eigenvalue weighted by Gasteiger charge is 2.13. The molecule has 0 radical (unpaired) electrons. The van der Waals surface area contributed by atoms with Crippen molar-refractivity contribution >= 4 is 11.4 Å². The standard InChI is InChI=1S/C15H14N4/c16-12-7-3-1-5-10(12)14-15(19-9-18-14)11-6-2-4-8-13(11)17/h1-9H,16-17H2,(H,18,19). The average Bonchev–Trinajstić information content (AvgIpc) is 2.89. The number of hydrogen-bond acceptors (Lipinski definition) is 3. The van der Waals surface area contributed by atoms with Gasteiger partial charge in [-0.15, -0.1) is 0 Å². The number of aromatic nitrogens is 2. The van der Waals surface area contributed by atoms with Crippen molar-refractivity contribution in [3.05, 3.63) is 54.9 Å². The number of hydrogen-bond donors (Lipinski definition) is 3. The number of aromatic amines is 1. The van der Waals surface area contributed by atoms with Crippen LogP contribution in [0, 0.1) is 0 Å². The molecular formula is C15H14N4. The minimum absolute atomic E-state index is 0.699. The Hall–Kier alpha value is -2.75. The number of anilines is 2. The first-order valence-corrected chi connectivity index (χ1v) is 6.00. The van der Waals surface area contributed by atoms with Gasteiger partial charge in [-0.05, 0) is 12.1 Å². The molecule has 4 nitrogen and oxygen atoms in total. The largest absolute Gasteiger partial charge is 0.398 e. The Morgan fingerprint density at radius 2 is 1.37 bits per heavy atom. The molecule has 3 rings (SSSR count). The van der Waals surface area contributed by atoms with Gasteiger partial charge in [0.2, 0.25) is 0 Å². The number of nitrogens with one attached hydrogen (secondary N) is 1. The van der Waals surface area contributed by atoms with Gasteiger partial charge >= 0.3 is 0 Å². The Labute approximate surface area is 111 Å². The number of benzene rings is 2. The summed E-state index contributed by atoms with van der Waals surface area (Å²) >= 11 is 0. The summed E-state index contributed by atoms with van der Waals surface area (Å²) in [5.41, 5.74) is 17.0. The van der Waals surface area contributed by atoms with E-state index in [-0.39, 0.29) is 0 Å². The summed E-state index contributed by atoms with van der Waals surface area (Å²) in [5.74, 6) is 0. The van der Waals surface area contributed by atoms with Crippen molar-refractivity contribution in [3.63, 3.8) is 0 Å². The number of H-pyrrole nitrogens is 1. The van der Waals surface area contributed by atoms with Crippen molar-refractivity contribution in [2.24, 2.45) is 0 Å². The predicted molar refractivity (Wildman–Crippen MR) is 78.3 cm³/mol. The molecule has 0 aliphatic heterocycles. The van der Waals surface area contributed by atoms with Crippen LogP contribution in [0.2, 0.25) is 0 Å². The van der Waals surface area contributed by atoms with E-state index >= 15 is 0 Å². The Balaban J connectivity index is 2.20. The van der Waals surface area contributed by atoms with Gasteiger partial charge in [-0.1, -0.05) is 36.4 Å². The second-order valence-corrected chi connectivity index (χ2v) is 4.30. The molecule has 0 spiro atoms. The van der Waals surface area contributed by atoms with E-state index in [2.05, 4.69) is 9.97 Å². The molecule has 94 valence electrons. The van der Waals surface area contributed by atoms with Crippen LogP contribution in [0.25, 0.3) is 22.5 Å². The summed E-state index contributed by atoms with van der Waals surface area (Å²) in [6.07, 6.45) is 1.66. The zero-order chi connectivity index (χ0) is 13.2. The molecule has 1 heterocycles. The molecule has 0 aliphatic carbocycles. The van der Waals surface area contributed by atoms with Crippen LogP contribution in [0.4, 0.5) is 11.4 Å². The van der Waals surface area contributed by atoms with Gasteiger partial charge in [-0.2, -0.15) is 0 Å². The highest BCUT2D eigenvalue weighted by Crippen LogP contribution is 2.34. The SMILES string of the molecule is Nc1ccccc1-c1nc[nH]c1-c1ccccc1N. The summed E-state index contributed by atoms with van der Waals surface area (Å²) in [6, 6.07) is 15.4. The van der Waals surface area contributed by atoms with Crippen LogP contribution in [0.1, 0.15) is 0 Å². The fourth-order valence-electron chi connectivity index (χ4n) is 2.14. The molecule has 3 aromatic rings. The lowest BCUT2D eigenvalue weighted by molar-refractivity contribution is 1.31. The number of para-hydroxylation sites is 2. The lowest BCUT2D eigenvalue weighted by Gasteiger charge is -2.08. The van der Waals surface area contributed by atoms with Crippen molar-refractivity contribution in [2.45, 2.75) is 0 Å². The number of nitrogens with zero attached hydrogens (tertiary/aromatic N) is 1. The van der Waals surface area contributed by atoms with E-state index in [4.69, 9.17) is 11.5 Å². The Morgan fingerprint density at radius 3 is 2.00 bits per heavy atom. The van der Waals surface area contributed by atoms with Gasteiger partial charge < -0.3 is 16.5 Å². The summed E-state index contributed by atoms with van der Waals surface area (Å²) in [4.78, 5) is 7.52. The maximum Gasteiger partial charge on any atom is 0.0982 e. The highest BCUT2D eigenvalue weighted by molar-refractivity contribution is 5.87. The molecule has 2 aromatic carbocycles. The Bertz CT molecular complexity index is 655. The molecule has 4 heteroatoms. The molecule has 0 saturated carbocycles. The number of rotatable bonds is 2. The molecule has 0 aliphatic rings. The number of nitrogen functional groups attached to an aromatic ring is 2. The van der Waals surface area contributed by atoms with Crippen LogP contribution in [0.3, 0.4) is 0 Å². The molecule has 0 fully saturated rings. The lowest BCUT2D eigenvalue weighted by atomic mass is 10.0. The maximum atomic E-state index is 6.02. The monoisotopic (exact) mass is 250 g/mol. The normalized spacial score (nSPS) is 10.5. The maximum absolute atomic E-state index is 6.02. The zero-order valence-electron chi connectivity index (χ0n) is 10.3. The second kappa shape index (κ2) is 4.49. The first-order chi connectivity index (χ1) is 9.27. The van der Waals surface area contributed by atoms with E-state index in [1.165, 1.54) is 0 Å². The molecule has 5 N–H and O–H groups in total. The Kier molecular flexibility index (Phi) is 2.68. The van der Waals surface area contributed by atoms with Crippen molar-refractivity contribution in [3.8, 4) is 22.5 Å². The minimum atomic E-state index is 0.699. The van der Waals surface area contributed by atoms with Crippen LogP contribution >= 0.6 is 0 Å². The van der Waals surface area contributed by atoms with E-state index in [0.717, 1.165) is 22.5 Å². The van der Waals surface area contributed by atoms with Gasteiger partial charge in [0.05, 0.1) is 17.7 Å². The minimum Gasteiger partial charge on any atom is -0.398 e. The molecule has 0 unspecified atom stereocenters. The molecule has 0 atom stereocenters.